The van der Waals surface area contributed by atoms with Crippen LogP contribution in [0.25, 0.3) is 0 Å². The summed E-state index contributed by atoms with van der Waals surface area (Å²) in [6.45, 7) is 2.08. The maximum absolute atomic E-state index is 5.43. The van der Waals surface area contributed by atoms with Crippen LogP contribution in [0.15, 0.2) is 29.4 Å². The molecule has 1 aromatic heterocycles. The summed E-state index contributed by atoms with van der Waals surface area (Å²) < 4.78 is 7.43. The van der Waals surface area contributed by atoms with Crippen molar-refractivity contribution >= 4 is 11.8 Å². The van der Waals surface area contributed by atoms with Crippen molar-refractivity contribution in [3.8, 4) is 5.75 Å². The molecule has 1 aliphatic rings. The number of fused-ring (bicyclic) bond motifs is 1. The van der Waals surface area contributed by atoms with Crippen LogP contribution in [-0.2, 0) is 6.42 Å². The fourth-order valence-corrected chi connectivity index (χ4v) is 3.17. The summed E-state index contributed by atoms with van der Waals surface area (Å²) in [6, 6.07) is 8.31. The molecule has 3 rings (SSSR count). The number of hydrogen-bond donors (Lipinski definition) is 1. The molecule has 1 aromatic carbocycles. The quantitative estimate of drug-likeness (QED) is 0.931. The Hall–Kier alpha value is -1.69. The number of rotatable bonds is 3. The largest absolute Gasteiger partial charge is 0.496 e. The molecule has 1 aliphatic heterocycles. The maximum Gasteiger partial charge on any atom is 0.210 e. The minimum Gasteiger partial charge on any atom is -0.496 e. The molecule has 1 unspecified atom stereocenters. The molecule has 19 heavy (non-hydrogen) atoms. The van der Waals surface area contributed by atoms with Gasteiger partial charge in [0.1, 0.15) is 5.75 Å². The monoisotopic (exact) mass is 276 g/mol. The molecule has 5 nitrogen and oxygen atoms in total. The maximum atomic E-state index is 5.43. The van der Waals surface area contributed by atoms with Crippen LogP contribution in [-0.4, -0.2) is 27.7 Å². The highest BCUT2D eigenvalue weighted by Gasteiger charge is 2.25. The van der Waals surface area contributed by atoms with E-state index in [2.05, 4.69) is 28.6 Å². The van der Waals surface area contributed by atoms with Crippen molar-refractivity contribution in [3.05, 3.63) is 35.7 Å². The van der Waals surface area contributed by atoms with E-state index in [-0.39, 0.29) is 6.04 Å². The van der Waals surface area contributed by atoms with Gasteiger partial charge in [-0.15, -0.1) is 10.2 Å². The fraction of sp³-hybridized carbons (Fsp3) is 0.385. The number of aryl methyl sites for hydroxylation is 1. The standard InChI is InChI=1S/C13H16N4OS/c1-3-12-14-15-13-17(12)16-10(8-19-13)9-6-4-5-7-11(9)18-2/h4-7,10,16H,3,8H2,1-2H3. The van der Waals surface area contributed by atoms with E-state index in [1.165, 1.54) is 5.56 Å². The molecule has 100 valence electrons. The van der Waals surface area contributed by atoms with Crippen LogP contribution in [0.4, 0.5) is 0 Å². The van der Waals surface area contributed by atoms with Gasteiger partial charge >= 0.3 is 0 Å². The Kier molecular flexibility index (Phi) is 3.33. The molecule has 0 saturated carbocycles. The molecule has 6 heteroatoms. The normalized spacial score (nSPS) is 17.7. The van der Waals surface area contributed by atoms with Gasteiger partial charge in [0.05, 0.1) is 13.2 Å². The third-order valence-corrected chi connectivity index (χ3v) is 4.22. The Bertz CT molecular complexity index is 570. The van der Waals surface area contributed by atoms with Crippen LogP contribution in [0, 0.1) is 0 Å². The summed E-state index contributed by atoms with van der Waals surface area (Å²) in [4.78, 5) is 0. The van der Waals surface area contributed by atoms with Gasteiger partial charge in [-0.25, -0.2) is 4.68 Å². The lowest BCUT2D eigenvalue weighted by Crippen LogP contribution is -2.29. The average molecular weight is 276 g/mol. The highest BCUT2D eigenvalue weighted by atomic mass is 32.2. The van der Waals surface area contributed by atoms with Gasteiger partial charge in [-0.2, -0.15) is 0 Å². The lowest BCUT2D eigenvalue weighted by molar-refractivity contribution is 0.406. The second-order valence-electron chi connectivity index (χ2n) is 4.32. The molecule has 0 fully saturated rings. The number of methoxy groups -OCH3 is 1. The van der Waals surface area contributed by atoms with Crippen LogP contribution < -0.4 is 10.2 Å². The first-order chi connectivity index (χ1) is 9.33. The molecule has 1 N–H and O–H groups in total. The zero-order chi connectivity index (χ0) is 13.2. The van der Waals surface area contributed by atoms with E-state index >= 15 is 0 Å². The van der Waals surface area contributed by atoms with Crippen molar-refractivity contribution in [3.63, 3.8) is 0 Å². The van der Waals surface area contributed by atoms with Gasteiger partial charge in [-0.1, -0.05) is 36.9 Å². The summed E-state index contributed by atoms with van der Waals surface area (Å²) >= 11 is 1.72. The van der Waals surface area contributed by atoms with E-state index < -0.39 is 0 Å². The molecule has 0 aliphatic carbocycles. The number of hydrogen-bond acceptors (Lipinski definition) is 5. The predicted octanol–water partition coefficient (Wildman–Crippen LogP) is 2.24. The Balaban J connectivity index is 1.92. The lowest BCUT2D eigenvalue weighted by atomic mass is 10.1. The Morgan fingerprint density at radius 1 is 1.42 bits per heavy atom. The second kappa shape index (κ2) is 5.13. The Morgan fingerprint density at radius 2 is 2.26 bits per heavy atom. The Labute approximate surface area is 116 Å². The van der Waals surface area contributed by atoms with Crippen LogP contribution in [0.1, 0.15) is 24.4 Å². The molecule has 0 radical (unpaired) electrons. The van der Waals surface area contributed by atoms with E-state index in [0.717, 1.165) is 28.9 Å². The smallest absolute Gasteiger partial charge is 0.210 e. The minimum absolute atomic E-state index is 0.204. The number of para-hydroxylation sites is 1. The van der Waals surface area contributed by atoms with E-state index in [0.29, 0.717) is 0 Å². The van der Waals surface area contributed by atoms with Gasteiger partial charge in [-0.3, -0.25) is 0 Å². The van der Waals surface area contributed by atoms with Crippen molar-refractivity contribution in [2.45, 2.75) is 24.5 Å². The second-order valence-corrected chi connectivity index (χ2v) is 5.31. The fourth-order valence-electron chi connectivity index (χ4n) is 2.22. The summed E-state index contributed by atoms with van der Waals surface area (Å²) in [5.74, 6) is 2.79. The molecule has 2 heterocycles. The third-order valence-electron chi connectivity index (χ3n) is 3.19. The number of aromatic nitrogens is 3. The minimum atomic E-state index is 0.204. The van der Waals surface area contributed by atoms with Crippen molar-refractivity contribution in [1.29, 1.82) is 0 Å². The molecule has 0 amide bonds. The first-order valence-electron chi connectivity index (χ1n) is 6.30. The van der Waals surface area contributed by atoms with Crippen LogP contribution in [0.2, 0.25) is 0 Å². The number of nitrogens with one attached hydrogen (secondary N) is 1. The highest BCUT2D eigenvalue weighted by Crippen LogP contribution is 2.33. The molecular formula is C13H16N4OS. The van der Waals surface area contributed by atoms with Crippen molar-refractivity contribution in [2.75, 3.05) is 18.3 Å². The van der Waals surface area contributed by atoms with Gasteiger partial charge in [0, 0.05) is 17.7 Å². The van der Waals surface area contributed by atoms with Gasteiger partial charge in [0.15, 0.2) is 5.82 Å². The molecule has 0 saturated heterocycles. The Morgan fingerprint density at radius 3 is 3.05 bits per heavy atom. The van der Waals surface area contributed by atoms with E-state index in [1.54, 1.807) is 18.9 Å². The van der Waals surface area contributed by atoms with Crippen molar-refractivity contribution < 1.29 is 4.74 Å². The number of thioether (sulfide) groups is 1. The van der Waals surface area contributed by atoms with Crippen molar-refractivity contribution in [1.82, 2.24) is 14.9 Å². The molecular weight excluding hydrogens is 260 g/mol. The first kappa shape index (κ1) is 12.3. The average Bonchev–Trinajstić information content (AvgIpc) is 2.89. The van der Waals surface area contributed by atoms with E-state index in [1.807, 2.05) is 22.9 Å². The van der Waals surface area contributed by atoms with E-state index in [9.17, 15) is 0 Å². The molecule has 2 aromatic rings. The molecule has 1 atom stereocenters. The number of ether oxygens (including phenoxy) is 1. The van der Waals surface area contributed by atoms with Gasteiger partial charge in [-0.05, 0) is 6.07 Å². The van der Waals surface area contributed by atoms with Crippen LogP contribution >= 0.6 is 11.8 Å². The number of benzene rings is 1. The van der Waals surface area contributed by atoms with E-state index in [4.69, 9.17) is 4.74 Å². The van der Waals surface area contributed by atoms with Crippen LogP contribution in [0.5, 0.6) is 5.75 Å². The number of nitrogens with zero attached hydrogens (tertiary/aromatic N) is 3. The zero-order valence-corrected chi connectivity index (χ0v) is 11.8. The first-order valence-corrected chi connectivity index (χ1v) is 7.28. The predicted molar refractivity (Wildman–Crippen MR) is 75.2 cm³/mol. The lowest BCUT2D eigenvalue weighted by Gasteiger charge is -2.27. The van der Waals surface area contributed by atoms with Gasteiger partial charge < -0.3 is 10.2 Å². The topological polar surface area (TPSA) is 52.0 Å². The SMILES string of the molecule is CCc1nnc2n1NC(c1ccccc1OC)CS2. The third kappa shape index (κ3) is 2.16. The summed E-state index contributed by atoms with van der Waals surface area (Å²) in [5, 5.41) is 9.30. The van der Waals surface area contributed by atoms with Crippen LogP contribution in [0.3, 0.4) is 0 Å². The summed E-state index contributed by atoms with van der Waals surface area (Å²) in [6.07, 6.45) is 0.860. The summed E-state index contributed by atoms with van der Waals surface area (Å²) in [5.41, 5.74) is 4.64. The van der Waals surface area contributed by atoms with Gasteiger partial charge in [0.25, 0.3) is 0 Å². The molecule has 0 spiro atoms. The highest BCUT2D eigenvalue weighted by molar-refractivity contribution is 7.99. The van der Waals surface area contributed by atoms with Crippen molar-refractivity contribution in [2.24, 2.45) is 0 Å². The molecule has 0 bridgehead atoms. The summed E-state index contributed by atoms with van der Waals surface area (Å²) in [7, 11) is 1.70. The zero-order valence-electron chi connectivity index (χ0n) is 11.0. The van der Waals surface area contributed by atoms with Gasteiger partial charge in [0.2, 0.25) is 5.16 Å².